The molecule has 0 aliphatic carbocycles. The van der Waals surface area contributed by atoms with Gasteiger partial charge in [-0.25, -0.2) is 0 Å². The Balaban J connectivity index is 3.04. The lowest BCUT2D eigenvalue weighted by molar-refractivity contribution is -0.132. The Morgan fingerprint density at radius 2 is 1.81 bits per heavy atom. The average molecular weight is 331 g/mol. The van der Waals surface area contributed by atoms with Gasteiger partial charge in [-0.3, -0.25) is 4.79 Å². The molecule has 1 unspecified atom stereocenters. The van der Waals surface area contributed by atoms with Crippen molar-refractivity contribution in [3.63, 3.8) is 0 Å². The average Bonchev–Trinajstić information content (AvgIpc) is 2.16. The predicted octanol–water partition coefficient (Wildman–Crippen LogP) is 3.61. The van der Waals surface area contributed by atoms with Crippen molar-refractivity contribution in [3.8, 4) is 0 Å². The first kappa shape index (κ1) is 13.5. The number of halogens is 1. The van der Waals surface area contributed by atoms with Gasteiger partial charge in [-0.05, 0) is 55.0 Å². The summed E-state index contributed by atoms with van der Waals surface area (Å²) < 4.78 is 1.21. The summed E-state index contributed by atoms with van der Waals surface area (Å²) in [6.07, 6.45) is 0. The number of carbonyl (C=O) groups is 1. The molecule has 0 fully saturated rings. The minimum absolute atomic E-state index is 0.127. The van der Waals surface area contributed by atoms with Gasteiger partial charge < -0.3 is 4.90 Å². The van der Waals surface area contributed by atoms with Crippen LogP contribution in [0.25, 0.3) is 0 Å². The Hall–Kier alpha value is -0.580. The van der Waals surface area contributed by atoms with Crippen LogP contribution in [0.5, 0.6) is 0 Å². The van der Waals surface area contributed by atoms with E-state index < -0.39 is 0 Å². The molecule has 0 saturated carbocycles. The lowest BCUT2D eigenvalue weighted by Gasteiger charge is -2.32. The van der Waals surface area contributed by atoms with E-state index in [1.165, 1.54) is 9.13 Å². The van der Waals surface area contributed by atoms with Crippen molar-refractivity contribution < 1.29 is 4.79 Å². The van der Waals surface area contributed by atoms with Crippen molar-refractivity contribution in [3.05, 3.63) is 33.4 Å². The van der Waals surface area contributed by atoms with Crippen LogP contribution < -0.4 is 0 Å². The highest BCUT2D eigenvalue weighted by Gasteiger charge is 2.22. The SMILES string of the molecule is CC(=O)N(C(C)C)C(C)c1ccccc1I. The van der Waals surface area contributed by atoms with Crippen molar-refractivity contribution >= 4 is 28.5 Å². The van der Waals surface area contributed by atoms with Crippen molar-refractivity contribution in [2.24, 2.45) is 0 Å². The van der Waals surface area contributed by atoms with Gasteiger partial charge in [0.15, 0.2) is 0 Å². The van der Waals surface area contributed by atoms with Crippen molar-refractivity contribution in [2.75, 3.05) is 0 Å². The first-order chi connectivity index (χ1) is 7.45. The summed E-state index contributed by atoms with van der Waals surface area (Å²) in [6.45, 7) is 7.81. The third-order valence-corrected chi connectivity index (χ3v) is 3.67. The van der Waals surface area contributed by atoms with Crippen LogP contribution in [0.15, 0.2) is 24.3 Å². The second-order valence-corrected chi connectivity index (χ2v) is 5.38. The molecule has 0 bridgehead atoms. The van der Waals surface area contributed by atoms with Crippen LogP contribution in [-0.2, 0) is 4.79 Å². The van der Waals surface area contributed by atoms with E-state index in [4.69, 9.17) is 0 Å². The Bertz CT molecular complexity index is 376. The minimum Gasteiger partial charge on any atom is -0.334 e. The predicted molar refractivity (Wildman–Crippen MR) is 75.2 cm³/mol. The number of hydrogen-bond donors (Lipinski definition) is 0. The van der Waals surface area contributed by atoms with E-state index in [-0.39, 0.29) is 18.0 Å². The molecule has 88 valence electrons. The Kier molecular flexibility index (Phi) is 4.77. The maximum atomic E-state index is 11.6. The Morgan fingerprint density at radius 1 is 1.25 bits per heavy atom. The summed E-state index contributed by atoms with van der Waals surface area (Å²) in [6, 6.07) is 8.56. The third-order valence-electron chi connectivity index (χ3n) is 2.69. The summed E-state index contributed by atoms with van der Waals surface area (Å²) >= 11 is 2.32. The van der Waals surface area contributed by atoms with Crippen LogP contribution in [-0.4, -0.2) is 16.8 Å². The molecule has 2 nitrogen and oxygen atoms in total. The van der Waals surface area contributed by atoms with E-state index in [1.807, 2.05) is 30.9 Å². The molecule has 0 aromatic heterocycles. The summed E-state index contributed by atoms with van der Waals surface area (Å²) in [4.78, 5) is 13.5. The van der Waals surface area contributed by atoms with Gasteiger partial charge in [-0.1, -0.05) is 18.2 Å². The van der Waals surface area contributed by atoms with Gasteiger partial charge in [-0.2, -0.15) is 0 Å². The molecule has 0 aliphatic heterocycles. The summed E-state index contributed by atoms with van der Waals surface area (Å²) in [5.41, 5.74) is 1.21. The first-order valence-electron chi connectivity index (χ1n) is 5.48. The molecule has 1 atom stereocenters. The lowest BCUT2D eigenvalue weighted by Crippen LogP contribution is -2.37. The van der Waals surface area contributed by atoms with E-state index in [0.717, 1.165) is 0 Å². The molecule has 0 aliphatic rings. The largest absolute Gasteiger partial charge is 0.334 e. The quantitative estimate of drug-likeness (QED) is 0.775. The molecule has 1 aromatic rings. The van der Waals surface area contributed by atoms with Crippen molar-refractivity contribution in [1.82, 2.24) is 4.90 Å². The molecular weight excluding hydrogens is 313 g/mol. The van der Waals surface area contributed by atoms with Crippen LogP contribution in [0.4, 0.5) is 0 Å². The second kappa shape index (κ2) is 5.66. The van der Waals surface area contributed by atoms with Crippen LogP contribution in [0.3, 0.4) is 0 Å². The van der Waals surface area contributed by atoms with Crippen molar-refractivity contribution in [2.45, 2.75) is 39.8 Å². The van der Waals surface area contributed by atoms with Gasteiger partial charge in [0.25, 0.3) is 0 Å². The van der Waals surface area contributed by atoms with E-state index in [0.29, 0.717) is 0 Å². The smallest absolute Gasteiger partial charge is 0.220 e. The molecule has 0 N–H and O–H groups in total. The van der Waals surface area contributed by atoms with Crippen molar-refractivity contribution in [1.29, 1.82) is 0 Å². The number of amides is 1. The van der Waals surface area contributed by atoms with Gasteiger partial charge in [0, 0.05) is 16.5 Å². The molecule has 0 heterocycles. The molecular formula is C13H18INO. The zero-order valence-corrected chi connectivity index (χ0v) is 12.4. The fourth-order valence-corrected chi connectivity index (χ4v) is 2.89. The molecule has 1 aromatic carbocycles. The highest BCUT2D eigenvalue weighted by atomic mass is 127. The van der Waals surface area contributed by atoms with Crippen LogP contribution in [0.1, 0.15) is 39.3 Å². The highest BCUT2D eigenvalue weighted by Crippen LogP contribution is 2.26. The number of rotatable bonds is 3. The zero-order chi connectivity index (χ0) is 12.3. The molecule has 0 saturated heterocycles. The van der Waals surface area contributed by atoms with Gasteiger partial charge in [-0.15, -0.1) is 0 Å². The topological polar surface area (TPSA) is 20.3 Å². The van der Waals surface area contributed by atoms with Gasteiger partial charge in [0.2, 0.25) is 5.91 Å². The van der Waals surface area contributed by atoms with Crippen LogP contribution in [0.2, 0.25) is 0 Å². The van der Waals surface area contributed by atoms with Gasteiger partial charge >= 0.3 is 0 Å². The Morgan fingerprint density at radius 3 is 2.25 bits per heavy atom. The van der Waals surface area contributed by atoms with Crippen LogP contribution >= 0.6 is 22.6 Å². The number of carbonyl (C=O) groups excluding carboxylic acids is 1. The fourth-order valence-electron chi connectivity index (χ4n) is 2.05. The van der Waals surface area contributed by atoms with E-state index in [9.17, 15) is 4.79 Å². The maximum absolute atomic E-state index is 11.6. The minimum atomic E-state index is 0.127. The lowest BCUT2D eigenvalue weighted by atomic mass is 10.1. The van der Waals surface area contributed by atoms with Crippen LogP contribution in [0, 0.1) is 3.57 Å². The van der Waals surface area contributed by atoms with Gasteiger partial charge in [0.05, 0.1) is 6.04 Å². The molecule has 0 radical (unpaired) electrons. The molecule has 3 heteroatoms. The summed E-state index contributed by atoms with van der Waals surface area (Å²) in [5.74, 6) is 0.127. The summed E-state index contributed by atoms with van der Waals surface area (Å²) in [7, 11) is 0. The standard InChI is InChI=1S/C13H18INO/c1-9(2)15(11(4)16)10(3)12-7-5-6-8-13(12)14/h5-10H,1-4H3. The van der Waals surface area contributed by atoms with E-state index in [2.05, 4.69) is 41.6 Å². The summed E-state index contributed by atoms with van der Waals surface area (Å²) in [5, 5.41) is 0. The molecule has 1 amide bonds. The maximum Gasteiger partial charge on any atom is 0.220 e. The number of benzene rings is 1. The molecule has 0 spiro atoms. The fraction of sp³-hybridized carbons (Fsp3) is 0.462. The molecule has 1 rings (SSSR count). The second-order valence-electron chi connectivity index (χ2n) is 4.22. The normalized spacial score (nSPS) is 12.6. The monoisotopic (exact) mass is 331 g/mol. The van der Waals surface area contributed by atoms with E-state index in [1.54, 1.807) is 6.92 Å². The highest BCUT2D eigenvalue weighted by molar-refractivity contribution is 14.1. The Labute approximate surface area is 111 Å². The van der Waals surface area contributed by atoms with E-state index >= 15 is 0 Å². The molecule has 16 heavy (non-hydrogen) atoms. The number of hydrogen-bond acceptors (Lipinski definition) is 1. The third kappa shape index (κ3) is 2.97. The zero-order valence-electron chi connectivity index (χ0n) is 10.2. The first-order valence-corrected chi connectivity index (χ1v) is 6.56. The number of nitrogens with zero attached hydrogens (tertiary/aromatic N) is 1. The van der Waals surface area contributed by atoms with Gasteiger partial charge in [0.1, 0.15) is 0 Å².